The van der Waals surface area contributed by atoms with Crippen molar-refractivity contribution >= 4 is 44.4 Å². The predicted octanol–water partition coefficient (Wildman–Crippen LogP) is 4.19. The molecule has 0 fully saturated rings. The lowest BCUT2D eigenvalue weighted by molar-refractivity contribution is 0.1000. The van der Waals surface area contributed by atoms with Crippen LogP contribution in [-0.4, -0.2) is 17.2 Å². The van der Waals surface area contributed by atoms with E-state index in [-0.39, 0.29) is 5.75 Å². The van der Waals surface area contributed by atoms with E-state index in [1.807, 2.05) is 0 Å². The number of primary amides is 1. The number of halogens is 1. The molecule has 1 atom stereocenters. The molecule has 120 valence electrons. The number of rotatable bonds is 3. The number of phenolic OH excluding ortho intramolecular Hbond substituents is 1. The average Bonchev–Trinajstić information content (AvgIpc) is 2.85. The van der Waals surface area contributed by atoms with Crippen LogP contribution in [0, 0.1) is 5.92 Å². The van der Waals surface area contributed by atoms with Gasteiger partial charge < -0.3 is 10.8 Å². The van der Waals surface area contributed by atoms with Gasteiger partial charge in [0.2, 0.25) is 0 Å². The first-order chi connectivity index (χ1) is 11.0. The van der Waals surface area contributed by atoms with E-state index in [9.17, 15) is 9.90 Å². The van der Waals surface area contributed by atoms with E-state index < -0.39 is 5.91 Å². The SMILES string of the molecule is C[C@@H]1CCc2c(sc(/N=C/c3cc(Br)ccc3O)c2C(N)=O)C1. The summed E-state index contributed by atoms with van der Waals surface area (Å²) in [7, 11) is 0. The molecular formula is C17H17BrN2O2S. The van der Waals surface area contributed by atoms with Crippen molar-refractivity contribution in [1.29, 1.82) is 0 Å². The van der Waals surface area contributed by atoms with Gasteiger partial charge in [-0.1, -0.05) is 22.9 Å². The van der Waals surface area contributed by atoms with Crippen LogP contribution >= 0.6 is 27.3 Å². The van der Waals surface area contributed by atoms with Gasteiger partial charge in [0, 0.05) is 21.1 Å². The number of hydrogen-bond acceptors (Lipinski definition) is 4. The van der Waals surface area contributed by atoms with E-state index in [1.165, 1.54) is 16.2 Å². The van der Waals surface area contributed by atoms with Crippen LogP contribution in [0.1, 0.15) is 39.7 Å². The molecule has 1 aromatic heterocycles. The smallest absolute Gasteiger partial charge is 0.252 e. The number of hydrogen-bond donors (Lipinski definition) is 2. The summed E-state index contributed by atoms with van der Waals surface area (Å²) in [5, 5.41) is 10.5. The number of aliphatic imine (C=N–C) groups is 1. The zero-order valence-corrected chi connectivity index (χ0v) is 15.1. The number of amides is 1. The molecule has 6 heteroatoms. The lowest BCUT2D eigenvalue weighted by atomic mass is 9.88. The van der Waals surface area contributed by atoms with Gasteiger partial charge in [-0.15, -0.1) is 11.3 Å². The molecule has 1 heterocycles. The fourth-order valence-electron chi connectivity index (χ4n) is 2.84. The second kappa shape index (κ2) is 6.45. The van der Waals surface area contributed by atoms with Crippen LogP contribution in [0.3, 0.4) is 0 Å². The van der Waals surface area contributed by atoms with Gasteiger partial charge in [0.05, 0.1) is 5.56 Å². The third-order valence-corrected chi connectivity index (χ3v) is 5.71. The van der Waals surface area contributed by atoms with Crippen LogP contribution < -0.4 is 5.73 Å². The molecule has 0 spiro atoms. The van der Waals surface area contributed by atoms with E-state index >= 15 is 0 Å². The summed E-state index contributed by atoms with van der Waals surface area (Å²) >= 11 is 4.90. The minimum Gasteiger partial charge on any atom is -0.507 e. The zero-order chi connectivity index (χ0) is 16.6. The molecule has 4 nitrogen and oxygen atoms in total. The number of benzene rings is 1. The number of carbonyl (C=O) groups excluding carboxylic acids is 1. The van der Waals surface area contributed by atoms with Gasteiger partial charge in [-0.2, -0.15) is 0 Å². The van der Waals surface area contributed by atoms with E-state index in [0.29, 0.717) is 22.0 Å². The number of thiophene rings is 1. The third kappa shape index (κ3) is 3.33. The molecule has 2 aromatic rings. The first kappa shape index (κ1) is 16.2. The standard InChI is InChI=1S/C17H17BrN2O2S/c1-9-2-4-12-14(6-9)23-17(15(12)16(19)22)20-8-10-7-11(18)3-5-13(10)21/h3,5,7-9,21H,2,4,6H2,1H3,(H2,19,22)/b20-8+/t9-/m1/s1. The molecule has 0 saturated heterocycles. The maximum absolute atomic E-state index is 11.9. The van der Waals surface area contributed by atoms with E-state index in [0.717, 1.165) is 29.3 Å². The molecule has 1 aliphatic carbocycles. The summed E-state index contributed by atoms with van der Waals surface area (Å²) in [5.41, 5.74) is 7.78. The van der Waals surface area contributed by atoms with Crippen molar-refractivity contribution in [1.82, 2.24) is 0 Å². The van der Waals surface area contributed by atoms with Gasteiger partial charge in [-0.05, 0) is 48.9 Å². The van der Waals surface area contributed by atoms with Crippen molar-refractivity contribution in [3.05, 3.63) is 44.2 Å². The predicted molar refractivity (Wildman–Crippen MR) is 97.1 cm³/mol. The summed E-state index contributed by atoms with van der Waals surface area (Å²) in [6.07, 6.45) is 4.49. The Labute approximate surface area is 147 Å². The van der Waals surface area contributed by atoms with Crippen molar-refractivity contribution in [2.75, 3.05) is 0 Å². The van der Waals surface area contributed by atoms with Crippen LogP contribution in [0.25, 0.3) is 0 Å². The lowest BCUT2D eigenvalue weighted by Gasteiger charge is -2.18. The molecule has 1 aromatic carbocycles. The van der Waals surface area contributed by atoms with E-state index in [2.05, 4.69) is 27.8 Å². The van der Waals surface area contributed by atoms with Crippen molar-refractivity contribution < 1.29 is 9.90 Å². The number of aromatic hydroxyl groups is 1. The highest BCUT2D eigenvalue weighted by Crippen LogP contribution is 2.41. The second-order valence-corrected chi connectivity index (χ2v) is 7.86. The number of fused-ring (bicyclic) bond motifs is 1. The highest BCUT2D eigenvalue weighted by Gasteiger charge is 2.26. The first-order valence-corrected chi connectivity index (χ1v) is 9.03. The van der Waals surface area contributed by atoms with E-state index in [1.54, 1.807) is 24.4 Å². The highest BCUT2D eigenvalue weighted by atomic mass is 79.9. The summed E-state index contributed by atoms with van der Waals surface area (Å²) in [6.45, 7) is 2.22. The van der Waals surface area contributed by atoms with E-state index in [4.69, 9.17) is 5.73 Å². The van der Waals surface area contributed by atoms with Gasteiger partial charge >= 0.3 is 0 Å². The minimum absolute atomic E-state index is 0.146. The summed E-state index contributed by atoms with van der Waals surface area (Å²) < 4.78 is 0.853. The maximum atomic E-state index is 11.9. The number of nitrogens with two attached hydrogens (primary N) is 1. The van der Waals surface area contributed by atoms with Gasteiger partial charge in [0.25, 0.3) is 5.91 Å². The van der Waals surface area contributed by atoms with Crippen molar-refractivity contribution in [3.8, 4) is 5.75 Å². The fraction of sp³-hybridized carbons (Fsp3) is 0.294. The molecule has 23 heavy (non-hydrogen) atoms. The summed E-state index contributed by atoms with van der Waals surface area (Å²) in [4.78, 5) is 17.5. The maximum Gasteiger partial charge on any atom is 0.252 e. The summed E-state index contributed by atoms with van der Waals surface area (Å²) in [5.74, 6) is 0.336. The molecule has 1 amide bonds. The lowest BCUT2D eigenvalue weighted by Crippen LogP contribution is -2.16. The molecular weight excluding hydrogens is 376 g/mol. The molecule has 1 aliphatic rings. The van der Waals surface area contributed by atoms with Gasteiger partial charge in [0.1, 0.15) is 10.8 Å². The Hall–Kier alpha value is -1.66. The number of nitrogens with zero attached hydrogens (tertiary/aromatic N) is 1. The molecule has 3 rings (SSSR count). The zero-order valence-electron chi connectivity index (χ0n) is 12.7. The van der Waals surface area contributed by atoms with Gasteiger partial charge in [0.15, 0.2) is 0 Å². The van der Waals surface area contributed by atoms with Crippen LogP contribution in [0.5, 0.6) is 5.75 Å². The number of phenols is 1. The highest BCUT2D eigenvalue weighted by molar-refractivity contribution is 9.10. The largest absolute Gasteiger partial charge is 0.507 e. The summed E-state index contributed by atoms with van der Waals surface area (Å²) in [6, 6.07) is 5.13. The molecule has 0 aliphatic heterocycles. The van der Waals surface area contributed by atoms with Crippen LogP contribution in [0.4, 0.5) is 5.00 Å². The van der Waals surface area contributed by atoms with Crippen molar-refractivity contribution in [2.45, 2.75) is 26.2 Å². The van der Waals surface area contributed by atoms with Crippen molar-refractivity contribution in [2.24, 2.45) is 16.6 Å². The topological polar surface area (TPSA) is 75.7 Å². The first-order valence-electron chi connectivity index (χ1n) is 7.42. The van der Waals surface area contributed by atoms with Gasteiger partial charge in [-0.25, -0.2) is 4.99 Å². The second-order valence-electron chi connectivity index (χ2n) is 5.86. The monoisotopic (exact) mass is 392 g/mol. The fourth-order valence-corrected chi connectivity index (χ4v) is 4.58. The Morgan fingerprint density at radius 2 is 2.30 bits per heavy atom. The Morgan fingerprint density at radius 1 is 1.52 bits per heavy atom. The molecule has 0 radical (unpaired) electrons. The van der Waals surface area contributed by atoms with Crippen LogP contribution in [0.15, 0.2) is 27.7 Å². The quantitative estimate of drug-likeness (QED) is 0.768. The van der Waals surface area contributed by atoms with Crippen LogP contribution in [-0.2, 0) is 12.8 Å². The molecule has 0 bridgehead atoms. The molecule has 0 unspecified atom stereocenters. The normalized spacial score (nSPS) is 17.4. The molecule has 3 N–H and O–H groups in total. The third-order valence-electron chi connectivity index (χ3n) is 4.05. The number of carbonyl (C=O) groups is 1. The Balaban J connectivity index is 2.01. The minimum atomic E-state index is -0.428. The van der Waals surface area contributed by atoms with Gasteiger partial charge in [-0.3, -0.25) is 4.79 Å². The average molecular weight is 393 g/mol. The Bertz CT molecular complexity index is 798. The van der Waals surface area contributed by atoms with Crippen molar-refractivity contribution in [3.63, 3.8) is 0 Å². The molecule has 0 saturated carbocycles. The Morgan fingerprint density at radius 3 is 3.04 bits per heavy atom. The van der Waals surface area contributed by atoms with Crippen LogP contribution in [0.2, 0.25) is 0 Å². The Kier molecular flexibility index (Phi) is 4.55.